The molecule has 142 valence electrons. The third kappa shape index (κ3) is 3.39. The van der Waals surface area contributed by atoms with Crippen LogP contribution in [0.4, 0.5) is 18.0 Å². The Hall–Kier alpha value is -2.54. The van der Waals surface area contributed by atoms with Gasteiger partial charge in [-0.05, 0) is 35.2 Å². The molecule has 4 nitrogen and oxygen atoms in total. The number of nitrogens with zero attached hydrogens (tertiary/aromatic N) is 1. The van der Waals surface area contributed by atoms with Crippen LogP contribution in [-0.4, -0.2) is 42.7 Å². The summed E-state index contributed by atoms with van der Waals surface area (Å²) in [6.07, 6.45) is -1.68. The van der Waals surface area contributed by atoms with E-state index in [-0.39, 0.29) is 12.4 Å². The fraction of sp³-hybridized carbons (Fsp3) is 0.350. The van der Waals surface area contributed by atoms with Crippen molar-refractivity contribution in [1.82, 2.24) is 10.2 Å². The van der Waals surface area contributed by atoms with Crippen molar-refractivity contribution >= 4 is 6.09 Å². The van der Waals surface area contributed by atoms with E-state index in [9.17, 15) is 18.0 Å². The first kappa shape index (κ1) is 17.9. The first-order chi connectivity index (χ1) is 13.0. The standard InChI is InChI=1S/C20H19F3N2O2/c21-15-7-5-14(6-8-15)18-16-4-2-1-3-13(16)9-10-25(18)19(26)27-17-11-24-12-20(17,22)23/h1-8,17-18,24H,9-12H2/t17-,18+/m1/s1. The van der Waals surface area contributed by atoms with Crippen LogP contribution in [0.2, 0.25) is 0 Å². The van der Waals surface area contributed by atoms with E-state index in [1.807, 2.05) is 24.3 Å². The van der Waals surface area contributed by atoms with E-state index >= 15 is 0 Å². The number of amides is 1. The molecule has 0 unspecified atom stereocenters. The van der Waals surface area contributed by atoms with Gasteiger partial charge in [-0.25, -0.2) is 18.0 Å². The highest BCUT2D eigenvalue weighted by Gasteiger charge is 2.48. The molecule has 2 aliphatic rings. The highest BCUT2D eigenvalue weighted by atomic mass is 19.3. The van der Waals surface area contributed by atoms with Crippen LogP contribution in [-0.2, 0) is 11.2 Å². The molecule has 1 saturated heterocycles. The van der Waals surface area contributed by atoms with Crippen molar-refractivity contribution in [2.75, 3.05) is 19.6 Å². The Morgan fingerprint density at radius 3 is 2.59 bits per heavy atom. The van der Waals surface area contributed by atoms with Crippen LogP contribution in [0.25, 0.3) is 0 Å². The maximum atomic E-state index is 13.8. The zero-order chi connectivity index (χ0) is 19.0. The Labute approximate surface area is 154 Å². The highest BCUT2D eigenvalue weighted by molar-refractivity contribution is 5.70. The highest BCUT2D eigenvalue weighted by Crippen LogP contribution is 2.36. The van der Waals surface area contributed by atoms with Gasteiger partial charge in [0.1, 0.15) is 5.82 Å². The van der Waals surface area contributed by atoms with Gasteiger partial charge in [-0.3, -0.25) is 4.90 Å². The van der Waals surface area contributed by atoms with Gasteiger partial charge < -0.3 is 10.1 Å². The Morgan fingerprint density at radius 2 is 1.89 bits per heavy atom. The predicted molar refractivity (Wildman–Crippen MR) is 93.2 cm³/mol. The molecule has 0 radical (unpaired) electrons. The summed E-state index contributed by atoms with van der Waals surface area (Å²) in [4.78, 5) is 14.2. The molecular weight excluding hydrogens is 357 g/mol. The Morgan fingerprint density at radius 1 is 1.15 bits per heavy atom. The van der Waals surface area contributed by atoms with Crippen LogP contribution in [0, 0.1) is 5.82 Å². The maximum Gasteiger partial charge on any atom is 0.411 e. The lowest BCUT2D eigenvalue weighted by molar-refractivity contribution is -0.0844. The fourth-order valence-corrected chi connectivity index (χ4v) is 3.72. The molecule has 1 N–H and O–H groups in total. The molecular formula is C20H19F3N2O2. The molecule has 1 fully saturated rings. The second-order valence-corrected chi connectivity index (χ2v) is 6.86. The number of rotatable bonds is 2. The van der Waals surface area contributed by atoms with Crippen molar-refractivity contribution < 1.29 is 22.7 Å². The average molecular weight is 376 g/mol. The van der Waals surface area contributed by atoms with Gasteiger partial charge in [0.05, 0.1) is 12.6 Å². The Balaban J connectivity index is 1.66. The number of hydrogen-bond acceptors (Lipinski definition) is 3. The van der Waals surface area contributed by atoms with Crippen LogP contribution < -0.4 is 5.32 Å². The lowest BCUT2D eigenvalue weighted by atomic mass is 9.88. The van der Waals surface area contributed by atoms with Gasteiger partial charge in [-0.15, -0.1) is 0 Å². The maximum absolute atomic E-state index is 13.8. The summed E-state index contributed by atoms with van der Waals surface area (Å²) in [6, 6.07) is 13.0. The molecule has 1 amide bonds. The van der Waals surface area contributed by atoms with Crippen LogP contribution in [0.15, 0.2) is 48.5 Å². The SMILES string of the molecule is O=C(O[C@@H]1CNCC1(F)F)N1CCc2ccccc2[C@@H]1c1ccc(F)cc1. The number of fused-ring (bicyclic) bond motifs is 1. The van der Waals surface area contributed by atoms with Crippen molar-refractivity contribution in [3.8, 4) is 0 Å². The van der Waals surface area contributed by atoms with Crippen molar-refractivity contribution in [1.29, 1.82) is 0 Å². The molecule has 2 heterocycles. The van der Waals surface area contributed by atoms with E-state index in [2.05, 4.69) is 5.32 Å². The summed E-state index contributed by atoms with van der Waals surface area (Å²) in [6.45, 7) is -0.247. The van der Waals surface area contributed by atoms with Gasteiger partial charge in [0, 0.05) is 13.1 Å². The second kappa shape index (κ2) is 6.88. The number of carbonyl (C=O) groups is 1. The largest absolute Gasteiger partial charge is 0.438 e. The summed E-state index contributed by atoms with van der Waals surface area (Å²) in [5, 5.41) is 2.55. The summed E-state index contributed by atoms with van der Waals surface area (Å²) in [5.41, 5.74) is 2.67. The third-order valence-electron chi connectivity index (χ3n) is 5.11. The minimum Gasteiger partial charge on any atom is -0.438 e. The Kier molecular flexibility index (Phi) is 4.55. The number of nitrogens with one attached hydrogen (secondary N) is 1. The zero-order valence-corrected chi connectivity index (χ0v) is 14.5. The molecule has 0 aromatic heterocycles. The number of hydrogen-bond donors (Lipinski definition) is 1. The molecule has 0 spiro atoms. The van der Waals surface area contributed by atoms with Crippen molar-refractivity contribution in [3.05, 3.63) is 71.0 Å². The summed E-state index contributed by atoms with van der Waals surface area (Å²) in [7, 11) is 0. The molecule has 2 aromatic carbocycles. The monoisotopic (exact) mass is 376 g/mol. The summed E-state index contributed by atoms with van der Waals surface area (Å²) in [5.74, 6) is -3.47. The fourth-order valence-electron chi connectivity index (χ4n) is 3.72. The van der Waals surface area contributed by atoms with E-state index in [1.54, 1.807) is 12.1 Å². The lowest BCUT2D eigenvalue weighted by Crippen LogP contribution is -2.45. The molecule has 2 atom stereocenters. The topological polar surface area (TPSA) is 41.6 Å². The van der Waals surface area contributed by atoms with Gasteiger partial charge in [-0.1, -0.05) is 36.4 Å². The molecule has 0 saturated carbocycles. The number of benzene rings is 2. The number of alkyl halides is 2. The lowest BCUT2D eigenvalue weighted by Gasteiger charge is -2.37. The van der Waals surface area contributed by atoms with Gasteiger partial charge in [0.15, 0.2) is 6.10 Å². The smallest absolute Gasteiger partial charge is 0.411 e. The Bertz CT molecular complexity index is 841. The minimum absolute atomic E-state index is 0.0790. The molecule has 2 aromatic rings. The third-order valence-corrected chi connectivity index (χ3v) is 5.11. The van der Waals surface area contributed by atoms with E-state index in [0.717, 1.165) is 11.1 Å². The predicted octanol–water partition coefficient (Wildman–Crippen LogP) is 3.52. The minimum atomic E-state index is -3.09. The molecule has 2 aliphatic heterocycles. The van der Waals surface area contributed by atoms with Gasteiger partial charge >= 0.3 is 6.09 Å². The van der Waals surface area contributed by atoms with Crippen molar-refractivity contribution in [3.63, 3.8) is 0 Å². The average Bonchev–Trinajstić information content (AvgIpc) is 2.99. The van der Waals surface area contributed by atoms with E-state index < -0.39 is 30.7 Å². The van der Waals surface area contributed by atoms with Crippen molar-refractivity contribution in [2.24, 2.45) is 0 Å². The zero-order valence-electron chi connectivity index (χ0n) is 14.5. The van der Waals surface area contributed by atoms with Crippen molar-refractivity contribution in [2.45, 2.75) is 24.5 Å². The van der Waals surface area contributed by atoms with Crippen LogP contribution in [0.1, 0.15) is 22.7 Å². The number of halogens is 3. The normalized spacial score (nSPS) is 23.7. The molecule has 4 rings (SSSR count). The summed E-state index contributed by atoms with van der Waals surface area (Å²) < 4.78 is 46.2. The first-order valence-corrected chi connectivity index (χ1v) is 8.85. The van der Waals surface area contributed by atoms with E-state index in [0.29, 0.717) is 18.5 Å². The molecule has 27 heavy (non-hydrogen) atoms. The van der Waals surface area contributed by atoms with Crippen LogP contribution in [0.3, 0.4) is 0 Å². The number of carbonyl (C=O) groups excluding carboxylic acids is 1. The van der Waals surface area contributed by atoms with Crippen LogP contribution >= 0.6 is 0 Å². The molecule has 0 aliphatic carbocycles. The van der Waals surface area contributed by atoms with Gasteiger partial charge in [-0.2, -0.15) is 0 Å². The second-order valence-electron chi connectivity index (χ2n) is 6.86. The molecule has 7 heteroatoms. The van der Waals surface area contributed by atoms with E-state index in [4.69, 9.17) is 4.74 Å². The van der Waals surface area contributed by atoms with Gasteiger partial charge in [0.25, 0.3) is 5.92 Å². The van der Waals surface area contributed by atoms with E-state index in [1.165, 1.54) is 17.0 Å². The van der Waals surface area contributed by atoms with Crippen LogP contribution in [0.5, 0.6) is 0 Å². The summed E-state index contributed by atoms with van der Waals surface area (Å²) >= 11 is 0. The first-order valence-electron chi connectivity index (χ1n) is 8.85. The quantitative estimate of drug-likeness (QED) is 0.872. The number of ether oxygens (including phenoxy) is 1. The molecule has 0 bridgehead atoms. The van der Waals surface area contributed by atoms with Gasteiger partial charge in [0.2, 0.25) is 0 Å².